The summed E-state index contributed by atoms with van der Waals surface area (Å²) < 4.78 is 16.6. The van der Waals surface area contributed by atoms with Crippen LogP contribution in [0, 0.1) is 13.8 Å². The predicted molar refractivity (Wildman–Crippen MR) is 76.8 cm³/mol. The average Bonchev–Trinajstić information content (AvgIpc) is 3.25. The number of ether oxygens (including phenoxy) is 1. The topological polar surface area (TPSA) is 94.5 Å². The molecule has 2 atom stereocenters. The number of aromatic nitrogens is 3. The van der Waals surface area contributed by atoms with E-state index in [0.29, 0.717) is 42.9 Å². The Hall–Kier alpha value is -2.22. The van der Waals surface area contributed by atoms with E-state index in [1.165, 1.54) is 0 Å². The van der Waals surface area contributed by atoms with Crippen LogP contribution in [0.25, 0.3) is 0 Å². The predicted octanol–water partition coefficient (Wildman–Crippen LogP) is 1.25. The van der Waals surface area contributed by atoms with Crippen molar-refractivity contribution in [3.05, 3.63) is 29.3 Å². The van der Waals surface area contributed by atoms with Gasteiger partial charge in [0.05, 0.1) is 11.5 Å². The second kappa shape index (κ2) is 5.16. The van der Waals surface area contributed by atoms with Crippen LogP contribution in [0.1, 0.15) is 40.9 Å². The Morgan fingerprint density at radius 2 is 2.26 bits per heavy atom. The Morgan fingerprint density at radius 1 is 1.39 bits per heavy atom. The van der Waals surface area contributed by atoms with Gasteiger partial charge in [0.2, 0.25) is 11.8 Å². The molecule has 2 aromatic heterocycles. The van der Waals surface area contributed by atoms with E-state index in [0.717, 1.165) is 12.8 Å². The molecular formula is C15H18N4O4. The van der Waals surface area contributed by atoms with Gasteiger partial charge in [-0.1, -0.05) is 5.16 Å². The number of hydrogen-bond acceptors (Lipinski definition) is 7. The Bertz CT molecular complexity index is 739. The number of hydrogen-bond donors (Lipinski definition) is 0. The lowest BCUT2D eigenvalue weighted by Crippen LogP contribution is -2.54. The minimum atomic E-state index is -0.423. The first-order chi connectivity index (χ1) is 11.1. The first-order valence-corrected chi connectivity index (χ1v) is 7.73. The van der Waals surface area contributed by atoms with Crippen molar-refractivity contribution in [2.45, 2.75) is 38.2 Å². The van der Waals surface area contributed by atoms with Crippen LogP contribution in [0.3, 0.4) is 0 Å². The van der Waals surface area contributed by atoms with E-state index in [9.17, 15) is 4.79 Å². The quantitative estimate of drug-likeness (QED) is 0.822. The van der Waals surface area contributed by atoms with E-state index < -0.39 is 5.41 Å². The Morgan fingerprint density at radius 3 is 2.96 bits per heavy atom. The molecular weight excluding hydrogens is 300 g/mol. The normalized spacial score (nSPS) is 27.2. The molecule has 8 nitrogen and oxygen atoms in total. The van der Waals surface area contributed by atoms with Crippen molar-refractivity contribution >= 4 is 5.91 Å². The minimum absolute atomic E-state index is 0.00504. The average molecular weight is 318 g/mol. The molecule has 0 spiro atoms. The molecule has 0 N–H and O–H groups in total. The smallest absolute Gasteiger partial charge is 0.276 e. The maximum absolute atomic E-state index is 12.7. The van der Waals surface area contributed by atoms with Gasteiger partial charge in [0.15, 0.2) is 5.69 Å². The zero-order valence-electron chi connectivity index (χ0n) is 13.1. The highest BCUT2D eigenvalue weighted by Crippen LogP contribution is 2.43. The van der Waals surface area contributed by atoms with Crippen molar-refractivity contribution in [1.82, 2.24) is 20.3 Å². The van der Waals surface area contributed by atoms with Crippen molar-refractivity contribution in [1.29, 1.82) is 0 Å². The zero-order valence-corrected chi connectivity index (χ0v) is 13.1. The lowest BCUT2D eigenvalue weighted by Gasteiger charge is -2.41. The highest BCUT2D eigenvalue weighted by atomic mass is 16.5. The second-order valence-corrected chi connectivity index (χ2v) is 6.23. The Balaban J connectivity index is 1.64. The number of aryl methyl sites for hydroxylation is 2. The molecule has 2 fully saturated rings. The third-order valence-corrected chi connectivity index (χ3v) is 4.70. The molecule has 23 heavy (non-hydrogen) atoms. The first kappa shape index (κ1) is 14.4. The van der Waals surface area contributed by atoms with Crippen molar-refractivity contribution in [2.24, 2.45) is 0 Å². The number of rotatable bonds is 2. The van der Waals surface area contributed by atoms with Crippen molar-refractivity contribution in [2.75, 3.05) is 19.7 Å². The highest BCUT2D eigenvalue weighted by Gasteiger charge is 2.53. The number of amides is 1. The van der Waals surface area contributed by atoms with Crippen LogP contribution < -0.4 is 0 Å². The Kier molecular flexibility index (Phi) is 3.22. The molecule has 2 aliphatic heterocycles. The molecule has 0 aromatic carbocycles. The summed E-state index contributed by atoms with van der Waals surface area (Å²) >= 11 is 0. The molecule has 2 saturated heterocycles. The van der Waals surface area contributed by atoms with Gasteiger partial charge in [-0.15, -0.1) is 10.2 Å². The molecule has 1 amide bonds. The number of piperidine rings is 1. The fraction of sp³-hybridized carbons (Fsp3) is 0.600. The maximum Gasteiger partial charge on any atom is 0.276 e. The van der Waals surface area contributed by atoms with Crippen molar-refractivity contribution in [3.63, 3.8) is 0 Å². The van der Waals surface area contributed by atoms with E-state index in [1.54, 1.807) is 24.8 Å². The monoisotopic (exact) mass is 318 g/mol. The van der Waals surface area contributed by atoms with E-state index >= 15 is 0 Å². The number of carbonyl (C=O) groups excluding carboxylic acids is 1. The first-order valence-electron chi connectivity index (χ1n) is 7.73. The number of likely N-dealkylation sites (tertiary alicyclic amines) is 1. The van der Waals surface area contributed by atoms with Crippen LogP contribution in [0.4, 0.5) is 0 Å². The molecule has 4 rings (SSSR count). The summed E-state index contributed by atoms with van der Waals surface area (Å²) in [6.45, 7) is 5.27. The lowest BCUT2D eigenvalue weighted by atomic mass is 9.76. The number of nitrogens with zero attached hydrogens (tertiary/aromatic N) is 4. The largest absolute Gasteiger partial charge is 0.425 e. The molecule has 2 aromatic rings. The van der Waals surface area contributed by atoms with Gasteiger partial charge in [-0.05, 0) is 19.8 Å². The molecule has 2 aliphatic rings. The van der Waals surface area contributed by atoms with Gasteiger partial charge in [-0.3, -0.25) is 4.79 Å². The fourth-order valence-corrected chi connectivity index (χ4v) is 3.55. The number of carbonyl (C=O) groups is 1. The zero-order chi connectivity index (χ0) is 16.0. The molecule has 0 unspecified atom stereocenters. The van der Waals surface area contributed by atoms with Crippen LogP contribution in [0.5, 0.6) is 0 Å². The summed E-state index contributed by atoms with van der Waals surface area (Å²) in [6.07, 6.45) is 1.51. The van der Waals surface area contributed by atoms with Gasteiger partial charge in [-0.2, -0.15) is 0 Å². The molecule has 0 saturated carbocycles. The van der Waals surface area contributed by atoms with Gasteiger partial charge in [-0.25, -0.2) is 0 Å². The third-order valence-electron chi connectivity index (χ3n) is 4.70. The maximum atomic E-state index is 12.7. The molecule has 122 valence electrons. The van der Waals surface area contributed by atoms with Gasteiger partial charge in [0.1, 0.15) is 5.76 Å². The minimum Gasteiger partial charge on any atom is -0.425 e. The van der Waals surface area contributed by atoms with Gasteiger partial charge in [0.25, 0.3) is 5.91 Å². The van der Waals surface area contributed by atoms with E-state index in [4.69, 9.17) is 13.7 Å². The van der Waals surface area contributed by atoms with Gasteiger partial charge >= 0.3 is 0 Å². The third kappa shape index (κ3) is 2.24. The Labute approximate surface area is 132 Å². The molecule has 8 heteroatoms. The summed E-state index contributed by atoms with van der Waals surface area (Å²) in [5.41, 5.74) is -0.0924. The summed E-state index contributed by atoms with van der Waals surface area (Å²) in [4.78, 5) is 14.5. The molecule has 0 radical (unpaired) electrons. The molecule has 4 heterocycles. The summed E-state index contributed by atoms with van der Waals surface area (Å²) in [5, 5.41) is 12.0. The van der Waals surface area contributed by atoms with Gasteiger partial charge < -0.3 is 18.6 Å². The van der Waals surface area contributed by atoms with E-state index in [2.05, 4.69) is 15.4 Å². The summed E-state index contributed by atoms with van der Waals surface area (Å²) in [5.74, 6) is 1.57. The fourth-order valence-electron chi connectivity index (χ4n) is 3.55. The van der Waals surface area contributed by atoms with E-state index in [1.807, 2.05) is 0 Å². The van der Waals surface area contributed by atoms with Crippen LogP contribution in [0.2, 0.25) is 0 Å². The van der Waals surface area contributed by atoms with Crippen LogP contribution >= 0.6 is 0 Å². The number of fused-ring (bicyclic) bond motifs is 1. The molecule has 0 aliphatic carbocycles. The van der Waals surface area contributed by atoms with E-state index in [-0.39, 0.29) is 12.0 Å². The van der Waals surface area contributed by atoms with Gasteiger partial charge in [0, 0.05) is 32.7 Å². The second-order valence-electron chi connectivity index (χ2n) is 6.23. The highest BCUT2D eigenvalue weighted by molar-refractivity contribution is 5.92. The van der Waals surface area contributed by atoms with Crippen molar-refractivity contribution in [3.8, 4) is 0 Å². The van der Waals surface area contributed by atoms with Crippen molar-refractivity contribution < 1.29 is 18.5 Å². The van der Waals surface area contributed by atoms with Crippen LogP contribution in [-0.4, -0.2) is 52.0 Å². The summed E-state index contributed by atoms with van der Waals surface area (Å²) in [7, 11) is 0. The van der Waals surface area contributed by atoms with Crippen LogP contribution in [0.15, 0.2) is 15.0 Å². The standard InChI is InChI=1S/C15H18N4O4/c1-9-7-11(18-23-9)13(20)19-5-3-12-15(8-19,4-6-21-12)14-17-16-10(2)22-14/h7,12H,3-6,8H2,1-2H3/t12-,15-/m1/s1. The SMILES string of the molecule is Cc1cc(C(=O)N2CC[C@H]3OCC[C@@]3(c3nnc(C)o3)C2)no1. The lowest BCUT2D eigenvalue weighted by molar-refractivity contribution is 0.00931. The summed E-state index contributed by atoms with van der Waals surface area (Å²) in [6, 6.07) is 1.66. The molecule has 0 bridgehead atoms. The van der Waals surface area contributed by atoms with Crippen LogP contribution in [-0.2, 0) is 10.2 Å².